The second kappa shape index (κ2) is 5.78. The van der Waals surface area contributed by atoms with E-state index >= 15 is 0 Å². The average Bonchev–Trinajstić information content (AvgIpc) is 2.84. The van der Waals surface area contributed by atoms with E-state index in [9.17, 15) is 0 Å². The first-order valence-corrected chi connectivity index (χ1v) is 6.94. The molecule has 0 radical (unpaired) electrons. The molecule has 2 N–H and O–H groups in total. The molecule has 1 unspecified atom stereocenters. The third-order valence-electron chi connectivity index (χ3n) is 3.20. The number of morpholine rings is 1. The molecular formula is C13H24N6O. The van der Waals surface area contributed by atoms with Gasteiger partial charge in [-0.25, -0.2) is 14.7 Å². The van der Waals surface area contributed by atoms with Crippen molar-refractivity contribution >= 4 is 5.96 Å². The number of guanidine groups is 1. The molecular weight excluding hydrogens is 256 g/mol. The van der Waals surface area contributed by atoms with E-state index in [2.05, 4.69) is 35.8 Å². The van der Waals surface area contributed by atoms with Crippen LogP contribution in [-0.2, 0) is 16.8 Å². The summed E-state index contributed by atoms with van der Waals surface area (Å²) < 4.78 is 7.37. The van der Waals surface area contributed by atoms with Crippen molar-refractivity contribution in [2.45, 2.75) is 45.9 Å². The van der Waals surface area contributed by atoms with Crippen LogP contribution >= 0.6 is 0 Å². The summed E-state index contributed by atoms with van der Waals surface area (Å²) in [7, 11) is 0. The predicted octanol–water partition coefficient (Wildman–Crippen LogP) is 0.569. The van der Waals surface area contributed by atoms with Gasteiger partial charge in [0, 0.05) is 13.1 Å². The van der Waals surface area contributed by atoms with Crippen LogP contribution in [0.4, 0.5) is 0 Å². The molecule has 0 spiro atoms. The Morgan fingerprint density at radius 1 is 1.55 bits per heavy atom. The van der Waals surface area contributed by atoms with Gasteiger partial charge in [-0.3, -0.25) is 0 Å². The molecule has 1 atom stereocenters. The van der Waals surface area contributed by atoms with Crippen LogP contribution in [0.1, 0.15) is 33.5 Å². The number of nitrogens with zero attached hydrogens (tertiary/aromatic N) is 5. The Hall–Kier alpha value is -1.63. The van der Waals surface area contributed by atoms with E-state index in [1.807, 2.05) is 16.5 Å². The Morgan fingerprint density at radius 3 is 2.95 bits per heavy atom. The van der Waals surface area contributed by atoms with Gasteiger partial charge in [0.1, 0.15) is 18.7 Å². The highest BCUT2D eigenvalue weighted by Gasteiger charge is 2.20. The quantitative estimate of drug-likeness (QED) is 0.632. The number of ether oxygens (including phenoxy) is 1. The molecule has 1 saturated heterocycles. The number of hydrogen-bond acceptors (Lipinski definition) is 4. The Balaban J connectivity index is 2.03. The minimum absolute atomic E-state index is 0.108. The topological polar surface area (TPSA) is 81.6 Å². The van der Waals surface area contributed by atoms with Gasteiger partial charge in [0.25, 0.3) is 0 Å². The van der Waals surface area contributed by atoms with Crippen LogP contribution in [0.15, 0.2) is 11.3 Å². The lowest BCUT2D eigenvalue weighted by Gasteiger charge is -2.31. The minimum Gasteiger partial charge on any atom is -0.375 e. The van der Waals surface area contributed by atoms with Gasteiger partial charge >= 0.3 is 0 Å². The first kappa shape index (κ1) is 14.8. The first-order chi connectivity index (χ1) is 9.38. The molecule has 112 valence electrons. The zero-order valence-electron chi connectivity index (χ0n) is 12.7. The van der Waals surface area contributed by atoms with Crippen molar-refractivity contribution in [3.63, 3.8) is 0 Å². The number of aromatic nitrogens is 3. The monoisotopic (exact) mass is 280 g/mol. The van der Waals surface area contributed by atoms with Crippen molar-refractivity contribution in [3.8, 4) is 0 Å². The van der Waals surface area contributed by atoms with Gasteiger partial charge in [0.15, 0.2) is 5.96 Å². The van der Waals surface area contributed by atoms with Crippen molar-refractivity contribution in [1.29, 1.82) is 0 Å². The largest absolute Gasteiger partial charge is 0.375 e. The molecule has 0 aliphatic carbocycles. The van der Waals surface area contributed by atoms with Gasteiger partial charge in [-0.1, -0.05) is 0 Å². The summed E-state index contributed by atoms with van der Waals surface area (Å²) in [4.78, 5) is 10.7. The molecule has 0 aromatic carbocycles. The zero-order valence-corrected chi connectivity index (χ0v) is 12.7. The summed E-state index contributed by atoms with van der Waals surface area (Å²) in [5.74, 6) is 1.37. The molecule has 1 aromatic heterocycles. The Kier molecular flexibility index (Phi) is 4.27. The van der Waals surface area contributed by atoms with E-state index in [0.29, 0.717) is 19.1 Å². The van der Waals surface area contributed by atoms with E-state index in [1.54, 1.807) is 6.33 Å². The lowest BCUT2D eigenvalue weighted by atomic mass is 10.1. The summed E-state index contributed by atoms with van der Waals surface area (Å²) >= 11 is 0. The number of hydrogen-bond donors (Lipinski definition) is 1. The van der Waals surface area contributed by atoms with Crippen LogP contribution in [0.25, 0.3) is 0 Å². The van der Waals surface area contributed by atoms with Crippen LogP contribution in [0.5, 0.6) is 0 Å². The maximum atomic E-state index is 6.05. The molecule has 0 amide bonds. The van der Waals surface area contributed by atoms with E-state index in [4.69, 9.17) is 10.5 Å². The summed E-state index contributed by atoms with van der Waals surface area (Å²) in [5.41, 5.74) is 5.94. The van der Waals surface area contributed by atoms with Crippen LogP contribution < -0.4 is 5.73 Å². The van der Waals surface area contributed by atoms with E-state index in [0.717, 1.165) is 18.9 Å². The number of nitrogens with two attached hydrogens (primary N) is 1. The lowest BCUT2D eigenvalue weighted by molar-refractivity contribution is 0.00528. The van der Waals surface area contributed by atoms with Crippen molar-refractivity contribution in [2.24, 2.45) is 10.7 Å². The fraction of sp³-hybridized carbons (Fsp3) is 0.769. The van der Waals surface area contributed by atoms with E-state index in [1.165, 1.54) is 0 Å². The first-order valence-electron chi connectivity index (χ1n) is 6.94. The zero-order chi connectivity index (χ0) is 14.8. The second-order valence-corrected chi connectivity index (χ2v) is 6.06. The van der Waals surface area contributed by atoms with Crippen molar-refractivity contribution in [1.82, 2.24) is 19.7 Å². The summed E-state index contributed by atoms with van der Waals surface area (Å²) in [5, 5.41) is 4.25. The third kappa shape index (κ3) is 3.47. The highest BCUT2D eigenvalue weighted by molar-refractivity contribution is 5.78. The predicted molar refractivity (Wildman–Crippen MR) is 77.3 cm³/mol. The lowest BCUT2D eigenvalue weighted by Crippen LogP contribution is -2.47. The fourth-order valence-corrected chi connectivity index (χ4v) is 2.21. The van der Waals surface area contributed by atoms with Crippen LogP contribution in [0.2, 0.25) is 0 Å². The average molecular weight is 280 g/mol. The number of aliphatic imine (C=N–C) groups is 1. The van der Waals surface area contributed by atoms with Gasteiger partial charge in [-0.2, -0.15) is 5.10 Å². The van der Waals surface area contributed by atoms with Crippen LogP contribution in [-0.4, -0.2) is 51.4 Å². The maximum Gasteiger partial charge on any atom is 0.191 e. The maximum absolute atomic E-state index is 6.05. The highest BCUT2D eigenvalue weighted by atomic mass is 16.5. The Labute approximate surface area is 119 Å². The molecule has 7 heteroatoms. The standard InChI is InChI=1S/C13H24N6O/c1-10-8-18(5-6-20-10)12(14)15-7-11-16-9-17-19(11)13(2,3)4/h9-10H,5-8H2,1-4H3,(H2,14,15). The molecule has 0 bridgehead atoms. The molecule has 1 aliphatic heterocycles. The minimum atomic E-state index is -0.108. The molecule has 2 heterocycles. The van der Waals surface area contributed by atoms with Gasteiger partial charge in [-0.15, -0.1) is 0 Å². The van der Waals surface area contributed by atoms with Crippen LogP contribution in [0, 0.1) is 0 Å². The second-order valence-electron chi connectivity index (χ2n) is 6.06. The summed E-state index contributed by atoms with van der Waals surface area (Å²) in [6, 6.07) is 0. The third-order valence-corrected chi connectivity index (χ3v) is 3.20. The highest BCUT2D eigenvalue weighted by Crippen LogP contribution is 2.14. The molecule has 20 heavy (non-hydrogen) atoms. The molecule has 1 fully saturated rings. The van der Waals surface area contributed by atoms with Crippen molar-refractivity contribution < 1.29 is 4.74 Å². The Morgan fingerprint density at radius 2 is 2.30 bits per heavy atom. The Bertz CT molecular complexity index is 475. The molecule has 7 nitrogen and oxygen atoms in total. The van der Waals surface area contributed by atoms with Crippen molar-refractivity contribution in [3.05, 3.63) is 12.2 Å². The molecule has 0 saturated carbocycles. The van der Waals surface area contributed by atoms with Crippen LogP contribution in [0.3, 0.4) is 0 Å². The van der Waals surface area contributed by atoms with Gasteiger partial charge in [0.05, 0.1) is 18.2 Å². The van der Waals surface area contributed by atoms with E-state index < -0.39 is 0 Å². The molecule has 1 aromatic rings. The smallest absolute Gasteiger partial charge is 0.191 e. The SMILES string of the molecule is CC1CN(C(N)=NCc2ncnn2C(C)(C)C)CCO1. The number of rotatable bonds is 2. The van der Waals surface area contributed by atoms with Gasteiger partial charge < -0.3 is 15.4 Å². The summed E-state index contributed by atoms with van der Waals surface area (Å²) in [6.45, 7) is 11.0. The van der Waals surface area contributed by atoms with Gasteiger partial charge in [-0.05, 0) is 27.7 Å². The normalized spacial score (nSPS) is 21.3. The summed E-state index contributed by atoms with van der Waals surface area (Å²) in [6.07, 6.45) is 1.75. The fourth-order valence-electron chi connectivity index (χ4n) is 2.21. The molecule has 1 aliphatic rings. The van der Waals surface area contributed by atoms with E-state index in [-0.39, 0.29) is 11.6 Å². The van der Waals surface area contributed by atoms with Gasteiger partial charge in [0.2, 0.25) is 0 Å². The van der Waals surface area contributed by atoms with Crippen molar-refractivity contribution in [2.75, 3.05) is 19.7 Å². The molecule has 2 rings (SSSR count).